The van der Waals surface area contributed by atoms with Gasteiger partial charge in [-0.05, 0) is 19.0 Å². The summed E-state index contributed by atoms with van der Waals surface area (Å²) in [6.07, 6.45) is 1.09. The lowest BCUT2D eigenvalue weighted by Crippen LogP contribution is -2.50. The van der Waals surface area contributed by atoms with Crippen molar-refractivity contribution >= 4 is 15.9 Å². The number of nitrogens with one attached hydrogen (secondary N) is 3. The first-order valence-electron chi connectivity index (χ1n) is 5.33. The Bertz CT molecular complexity index is 338. The third-order valence-corrected chi connectivity index (χ3v) is 3.45. The van der Waals surface area contributed by atoms with Gasteiger partial charge in [0.1, 0.15) is 0 Å². The molecule has 6 nitrogen and oxygen atoms in total. The molecule has 0 aliphatic carbocycles. The van der Waals surface area contributed by atoms with Crippen molar-refractivity contribution in [3.63, 3.8) is 0 Å². The molecular formula is C9H19N3O3S. The Morgan fingerprint density at radius 1 is 1.44 bits per heavy atom. The van der Waals surface area contributed by atoms with E-state index in [1.165, 1.54) is 0 Å². The predicted molar refractivity (Wildman–Crippen MR) is 61.4 cm³/mol. The third-order valence-electron chi connectivity index (χ3n) is 2.72. The van der Waals surface area contributed by atoms with Crippen LogP contribution in [0.15, 0.2) is 0 Å². The summed E-state index contributed by atoms with van der Waals surface area (Å²) >= 11 is 0. The lowest BCUT2D eigenvalue weighted by Gasteiger charge is -2.31. The van der Waals surface area contributed by atoms with E-state index in [1.807, 2.05) is 6.92 Å². The Morgan fingerprint density at radius 3 is 2.50 bits per heavy atom. The average molecular weight is 249 g/mol. The Balaban J connectivity index is 2.14. The van der Waals surface area contributed by atoms with E-state index in [0.29, 0.717) is 12.5 Å². The molecule has 0 bridgehead atoms. The van der Waals surface area contributed by atoms with Gasteiger partial charge < -0.3 is 10.6 Å². The van der Waals surface area contributed by atoms with Gasteiger partial charge in [0.2, 0.25) is 15.9 Å². The smallest absolute Gasteiger partial charge is 0.223 e. The molecule has 1 rings (SSSR count). The predicted octanol–water partition coefficient (Wildman–Crippen LogP) is -1.49. The Labute approximate surface area is 96.2 Å². The van der Waals surface area contributed by atoms with E-state index in [1.54, 1.807) is 0 Å². The number of amides is 1. The van der Waals surface area contributed by atoms with Crippen LogP contribution in [0.1, 0.15) is 6.92 Å². The van der Waals surface area contributed by atoms with E-state index in [4.69, 9.17) is 0 Å². The second kappa shape index (κ2) is 5.60. The summed E-state index contributed by atoms with van der Waals surface area (Å²) in [4.78, 5) is 11.6. The van der Waals surface area contributed by atoms with Crippen molar-refractivity contribution in [1.29, 1.82) is 0 Å². The molecule has 1 aliphatic rings. The third kappa shape index (κ3) is 4.46. The summed E-state index contributed by atoms with van der Waals surface area (Å²) in [6, 6.07) is 0. The Morgan fingerprint density at radius 2 is 2.06 bits per heavy atom. The summed E-state index contributed by atoms with van der Waals surface area (Å²) in [5, 5.41) is 5.82. The molecule has 1 saturated heterocycles. The van der Waals surface area contributed by atoms with Crippen LogP contribution in [0.2, 0.25) is 0 Å². The fraction of sp³-hybridized carbons (Fsp3) is 0.889. The number of rotatable bonds is 6. The minimum atomic E-state index is -3.16. The molecule has 0 aromatic carbocycles. The van der Waals surface area contributed by atoms with Crippen LogP contribution in [0.5, 0.6) is 0 Å². The van der Waals surface area contributed by atoms with Gasteiger partial charge in [-0.15, -0.1) is 0 Å². The molecule has 0 saturated carbocycles. The van der Waals surface area contributed by atoms with Crippen molar-refractivity contribution < 1.29 is 13.2 Å². The summed E-state index contributed by atoms with van der Waals surface area (Å²) in [6.45, 7) is 4.23. The number of sulfonamides is 1. The second-order valence-electron chi connectivity index (χ2n) is 4.16. The highest BCUT2D eigenvalue weighted by Crippen LogP contribution is 2.15. The van der Waals surface area contributed by atoms with E-state index in [2.05, 4.69) is 15.4 Å². The SMILES string of the molecule is CC(C(=O)NCCNS(C)(=O)=O)C1CNC1. The fourth-order valence-corrected chi connectivity index (χ4v) is 1.93. The molecule has 16 heavy (non-hydrogen) atoms. The van der Waals surface area contributed by atoms with Gasteiger partial charge in [0.05, 0.1) is 6.26 Å². The van der Waals surface area contributed by atoms with Crippen molar-refractivity contribution in [2.45, 2.75) is 6.92 Å². The molecular weight excluding hydrogens is 230 g/mol. The molecule has 0 spiro atoms. The Kier molecular flexibility index (Phi) is 4.69. The zero-order chi connectivity index (χ0) is 12.2. The van der Waals surface area contributed by atoms with Crippen LogP contribution in [0.25, 0.3) is 0 Å². The molecule has 3 N–H and O–H groups in total. The molecule has 1 amide bonds. The average Bonchev–Trinajstić information content (AvgIpc) is 2.07. The number of hydrogen-bond acceptors (Lipinski definition) is 4. The maximum atomic E-state index is 11.6. The lowest BCUT2D eigenvalue weighted by molar-refractivity contribution is -0.126. The number of carbonyl (C=O) groups is 1. The summed E-state index contributed by atoms with van der Waals surface area (Å²) in [7, 11) is -3.16. The largest absolute Gasteiger partial charge is 0.355 e. The molecule has 94 valence electrons. The van der Waals surface area contributed by atoms with Crippen LogP contribution in [0.3, 0.4) is 0 Å². The van der Waals surface area contributed by atoms with Crippen LogP contribution in [0.4, 0.5) is 0 Å². The molecule has 7 heteroatoms. The lowest BCUT2D eigenvalue weighted by atomic mass is 9.88. The summed E-state index contributed by atoms with van der Waals surface area (Å²) in [5.41, 5.74) is 0. The topological polar surface area (TPSA) is 87.3 Å². The molecule has 0 aromatic heterocycles. The minimum absolute atomic E-state index is 0.0122. The van der Waals surface area contributed by atoms with E-state index < -0.39 is 10.0 Å². The van der Waals surface area contributed by atoms with Crippen molar-refractivity contribution in [3.05, 3.63) is 0 Å². The first-order chi connectivity index (χ1) is 7.40. The van der Waals surface area contributed by atoms with Crippen LogP contribution in [0, 0.1) is 11.8 Å². The van der Waals surface area contributed by atoms with Crippen molar-refractivity contribution in [2.24, 2.45) is 11.8 Å². The van der Waals surface area contributed by atoms with E-state index >= 15 is 0 Å². The van der Waals surface area contributed by atoms with Crippen molar-refractivity contribution in [3.8, 4) is 0 Å². The summed E-state index contributed by atoms with van der Waals surface area (Å²) < 4.78 is 23.8. The van der Waals surface area contributed by atoms with Gasteiger partial charge >= 0.3 is 0 Å². The highest BCUT2D eigenvalue weighted by atomic mass is 32.2. The van der Waals surface area contributed by atoms with Crippen molar-refractivity contribution in [1.82, 2.24) is 15.4 Å². The maximum absolute atomic E-state index is 11.6. The van der Waals surface area contributed by atoms with Gasteiger partial charge in [0.15, 0.2) is 0 Å². The van der Waals surface area contributed by atoms with Gasteiger partial charge in [0, 0.05) is 19.0 Å². The normalized spacial score (nSPS) is 18.9. The van der Waals surface area contributed by atoms with Gasteiger partial charge in [-0.2, -0.15) is 0 Å². The van der Waals surface area contributed by atoms with E-state index in [0.717, 1.165) is 19.3 Å². The molecule has 1 aliphatic heterocycles. The first-order valence-corrected chi connectivity index (χ1v) is 7.22. The highest BCUT2D eigenvalue weighted by Gasteiger charge is 2.28. The minimum Gasteiger partial charge on any atom is -0.355 e. The zero-order valence-corrected chi connectivity index (χ0v) is 10.4. The molecule has 1 heterocycles. The standard InChI is InChI=1S/C9H19N3O3S/c1-7(8-5-10-6-8)9(13)11-3-4-12-16(2,14)15/h7-8,10,12H,3-6H2,1-2H3,(H,11,13). The molecule has 0 aromatic rings. The van der Waals surface area contributed by atoms with Gasteiger partial charge in [-0.3, -0.25) is 4.79 Å². The van der Waals surface area contributed by atoms with Gasteiger partial charge in [-0.25, -0.2) is 13.1 Å². The molecule has 1 fully saturated rings. The van der Waals surface area contributed by atoms with E-state index in [9.17, 15) is 13.2 Å². The van der Waals surface area contributed by atoms with Crippen LogP contribution < -0.4 is 15.4 Å². The van der Waals surface area contributed by atoms with Crippen LogP contribution >= 0.6 is 0 Å². The second-order valence-corrected chi connectivity index (χ2v) is 6.00. The van der Waals surface area contributed by atoms with Crippen LogP contribution in [-0.4, -0.2) is 46.8 Å². The van der Waals surface area contributed by atoms with Gasteiger partial charge in [-0.1, -0.05) is 6.92 Å². The zero-order valence-electron chi connectivity index (χ0n) is 9.62. The highest BCUT2D eigenvalue weighted by molar-refractivity contribution is 7.88. The number of hydrogen-bond donors (Lipinski definition) is 3. The summed E-state index contributed by atoms with van der Waals surface area (Å²) in [5.74, 6) is 0.379. The van der Waals surface area contributed by atoms with Gasteiger partial charge in [0.25, 0.3) is 0 Å². The fourth-order valence-electron chi connectivity index (χ4n) is 1.46. The molecule has 1 atom stereocenters. The Hall–Kier alpha value is -0.660. The molecule has 0 radical (unpaired) electrons. The maximum Gasteiger partial charge on any atom is 0.223 e. The molecule has 1 unspecified atom stereocenters. The quantitative estimate of drug-likeness (QED) is 0.500. The van der Waals surface area contributed by atoms with Crippen molar-refractivity contribution in [2.75, 3.05) is 32.4 Å². The van der Waals surface area contributed by atoms with Crippen LogP contribution in [-0.2, 0) is 14.8 Å². The number of carbonyl (C=O) groups excluding carboxylic acids is 1. The van der Waals surface area contributed by atoms with E-state index in [-0.39, 0.29) is 18.4 Å². The first kappa shape index (κ1) is 13.4. The monoisotopic (exact) mass is 249 g/mol.